The minimum atomic E-state index is -1.75. The van der Waals surface area contributed by atoms with Crippen molar-refractivity contribution < 1.29 is 63.9 Å². The number of thiol groups is 1. The van der Waals surface area contributed by atoms with Gasteiger partial charge in [0.15, 0.2) is 0 Å². The van der Waals surface area contributed by atoms with E-state index in [1.807, 2.05) is 6.26 Å². The number of rotatable bonds is 24. The molecule has 0 aromatic heterocycles. The van der Waals surface area contributed by atoms with Gasteiger partial charge in [-0.15, -0.1) is 0 Å². The Balaban J connectivity index is 2.20. The Morgan fingerprint density at radius 2 is 1.25 bits per heavy atom. The SMILES string of the molecule is CSCC[C@H](N)C(=O)N1CCC[C@H]1C(=O)N[C@@H](CO)C(=O)N[C@@H](CO)C(=O)N[C@@H](Cc1ccc(O)cc1)C(=O)N[C@@H](CO)C(=O)N[C@@H](CS)C(=O)N[C@H](C(=O)O)C(C)C. The van der Waals surface area contributed by atoms with Crippen molar-refractivity contribution in [2.45, 2.75) is 87.9 Å². The molecule has 2 rings (SSSR count). The maximum absolute atomic E-state index is 13.6. The van der Waals surface area contributed by atoms with Crippen LogP contribution in [0.4, 0.5) is 0 Å². The number of nitrogens with one attached hydrogen (secondary N) is 6. The van der Waals surface area contributed by atoms with Crippen LogP contribution in [0.25, 0.3) is 0 Å². The number of carboxylic acids is 1. The first-order valence-electron chi connectivity index (χ1n) is 18.7. The molecule has 21 nitrogen and oxygen atoms in total. The standard InChI is InChI=1S/C36H56N8O13S2/c1-18(2)28(36(56)57)43-33(53)26(17-58)42-32(52)24(15-46)39-29(49)22(13-19-6-8-20(48)9-7-19)38-30(50)23(14-45)40-31(51)25(16-47)41-34(54)27-5-4-11-44(27)35(55)21(37)10-12-59-3/h6-9,18,21-28,45-48,58H,4-5,10-17,37H2,1-3H3,(H,38,50)(H,39,49)(H,40,51)(H,41,54)(H,42,52)(H,43,53)(H,56,57)/t21-,22-,23-,24-,25-,26-,27-,28-/m0/s1. The zero-order chi connectivity index (χ0) is 44.4. The molecule has 59 heavy (non-hydrogen) atoms. The zero-order valence-corrected chi connectivity index (χ0v) is 34.7. The molecule has 0 bridgehead atoms. The van der Waals surface area contributed by atoms with Crippen molar-refractivity contribution in [1.82, 2.24) is 36.8 Å². The van der Waals surface area contributed by atoms with Crippen LogP contribution < -0.4 is 37.6 Å². The second kappa shape index (κ2) is 25.1. The highest BCUT2D eigenvalue weighted by atomic mass is 32.2. The third kappa shape index (κ3) is 15.5. The van der Waals surface area contributed by atoms with Crippen molar-refractivity contribution >= 4 is 71.7 Å². The lowest BCUT2D eigenvalue weighted by atomic mass is 10.0. The van der Waals surface area contributed by atoms with Crippen LogP contribution in [0.2, 0.25) is 0 Å². The van der Waals surface area contributed by atoms with Crippen LogP contribution in [-0.4, -0.2) is 170 Å². The Bertz CT molecular complexity index is 1620. The maximum Gasteiger partial charge on any atom is 0.326 e. The van der Waals surface area contributed by atoms with Crippen molar-refractivity contribution in [1.29, 1.82) is 0 Å². The maximum atomic E-state index is 13.6. The number of aliphatic carboxylic acids is 1. The molecule has 1 saturated heterocycles. The topological polar surface area (TPSA) is 339 Å². The lowest BCUT2D eigenvalue weighted by Gasteiger charge is -2.28. The molecule has 23 heteroatoms. The average Bonchev–Trinajstić information content (AvgIpc) is 3.71. The van der Waals surface area contributed by atoms with Crippen LogP contribution in [0, 0.1) is 5.92 Å². The Kier molecular flexibility index (Phi) is 21.4. The summed E-state index contributed by atoms with van der Waals surface area (Å²) in [5.74, 6) is -8.02. The lowest BCUT2D eigenvalue weighted by molar-refractivity contribution is -0.143. The number of likely N-dealkylation sites (tertiary alicyclic amines) is 1. The molecule has 0 saturated carbocycles. The van der Waals surface area contributed by atoms with Crippen molar-refractivity contribution in [2.75, 3.05) is 44.1 Å². The molecular weight excluding hydrogens is 817 g/mol. The Labute approximate surface area is 350 Å². The Morgan fingerprint density at radius 1 is 0.780 bits per heavy atom. The lowest BCUT2D eigenvalue weighted by Crippen LogP contribution is -2.62. The van der Waals surface area contributed by atoms with Gasteiger partial charge in [0.2, 0.25) is 41.4 Å². The van der Waals surface area contributed by atoms with E-state index in [0.29, 0.717) is 24.2 Å². The Hall–Kier alpha value is -4.68. The van der Waals surface area contributed by atoms with Crippen molar-refractivity contribution in [2.24, 2.45) is 11.7 Å². The third-order valence-corrected chi connectivity index (χ3v) is 10.3. The molecule has 0 radical (unpaired) electrons. The summed E-state index contributed by atoms with van der Waals surface area (Å²) in [5, 5.41) is 63.1. The zero-order valence-electron chi connectivity index (χ0n) is 33.0. The Morgan fingerprint density at radius 3 is 1.73 bits per heavy atom. The molecular formula is C36H56N8O13S2. The van der Waals surface area contributed by atoms with E-state index in [4.69, 9.17) is 5.73 Å². The third-order valence-electron chi connectivity index (χ3n) is 9.29. The van der Waals surface area contributed by atoms with Crippen LogP contribution in [0.15, 0.2) is 24.3 Å². The van der Waals surface area contributed by atoms with E-state index in [1.165, 1.54) is 40.9 Å². The van der Waals surface area contributed by atoms with E-state index in [2.05, 4.69) is 44.5 Å². The number of aliphatic hydroxyl groups is 3. The normalized spacial score (nSPS) is 17.3. The molecule has 1 aromatic rings. The van der Waals surface area contributed by atoms with Gasteiger partial charge in [0.05, 0.1) is 25.9 Å². The number of aliphatic hydroxyl groups excluding tert-OH is 3. The molecule has 0 spiro atoms. The summed E-state index contributed by atoms with van der Waals surface area (Å²) in [4.78, 5) is 105. The minimum Gasteiger partial charge on any atom is -0.508 e. The number of carbonyl (C=O) groups is 8. The fourth-order valence-electron chi connectivity index (χ4n) is 5.86. The molecule has 13 N–H and O–H groups in total. The number of benzene rings is 1. The highest BCUT2D eigenvalue weighted by Gasteiger charge is 2.38. The largest absolute Gasteiger partial charge is 0.508 e. The van der Waals surface area contributed by atoms with Crippen LogP contribution in [0.1, 0.15) is 38.7 Å². The first-order chi connectivity index (χ1) is 27.9. The molecule has 8 atom stereocenters. The van der Waals surface area contributed by atoms with E-state index in [9.17, 15) is 63.9 Å². The molecule has 1 fully saturated rings. The number of amides is 7. The number of carboxylic acid groups (broad SMARTS) is 1. The highest BCUT2D eigenvalue weighted by molar-refractivity contribution is 7.98. The summed E-state index contributed by atoms with van der Waals surface area (Å²) in [5.41, 5.74) is 6.41. The van der Waals surface area contributed by atoms with Gasteiger partial charge >= 0.3 is 5.97 Å². The number of nitrogens with two attached hydrogens (primary N) is 1. The number of hydrogen-bond donors (Lipinski definition) is 13. The van der Waals surface area contributed by atoms with Gasteiger partial charge < -0.3 is 68.1 Å². The number of hydrogen-bond acceptors (Lipinski definition) is 15. The van der Waals surface area contributed by atoms with E-state index in [1.54, 1.807) is 13.8 Å². The fourth-order valence-corrected chi connectivity index (χ4v) is 6.61. The smallest absolute Gasteiger partial charge is 0.326 e. The van der Waals surface area contributed by atoms with Gasteiger partial charge in [-0.1, -0.05) is 26.0 Å². The first-order valence-corrected chi connectivity index (χ1v) is 20.8. The number of nitrogens with zero attached hydrogens (tertiary/aromatic N) is 1. The molecule has 330 valence electrons. The quantitative estimate of drug-likeness (QED) is 0.0436. The van der Waals surface area contributed by atoms with Gasteiger partial charge in [-0.25, -0.2) is 4.79 Å². The van der Waals surface area contributed by atoms with Crippen molar-refractivity contribution in [3.63, 3.8) is 0 Å². The van der Waals surface area contributed by atoms with E-state index in [-0.39, 0.29) is 30.9 Å². The summed E-state index contributed by atoms with van der Waals surface area (Å²) in [6.07, 6.45) is 2.73. The van der Waals surface area contributed by atoms with Gasteiger partial charge in [0, 0.05) is 18.7 Å². The van der Waals surface area contributed by atoms with Crippen LogP contribution >= 0.6 is 24.4 Å². The van der Waals surface area contributed by atoms with Crippen molar-refractivity contribution in [3.8, 4) is 5.75 Å². The molecule has 7 amide bonds. The molecule has 1 aromatic carbocycles. The first kappa shape index (κ1) is 50.5. The summed E-state index contributed by atoms with van der Waals surface area (Å²) < 4.78 is 0. The highest BCUT2D eigenvalue weighted by Crippen LogP contribution is 2.19. The summed E-state index contributed by atoms with van der Waals surface area (Å²) in [6.45, 7) is 0.421. The molecule has 1 heterocycles. The van der Waals surface area contributed by atoms with Crippen LogP contribution in [0.5, 0.6) is 5.75 Å². The minimum absolute atomic E-state index is 0.114. The van der Waals surface area contributed by atoms with Crippen molar-refractivity contribution in [3.05, 3.63) is 29.8 Å². The number of phenols is 1. The number of aromatic hydroxyl groups is 1. The fraction of sp³-hybridized carbons (Fsp3) is 0.611. The van der Waals surface area contributed by atoms with E-state index < -0.39 is 121 Å². The number of phenolic OH excluding ortho intramolecular Hbond substituents is 1. The second-order valence-electron chi connectivity index (χ2n) is 14.1. The van der Waals surface area contributed by atoms with E-state index >= 15 is 0 Å². The summed E-state index contributed by atoms with van der Waals surface area (Å²) >= 11 is 5.56. The predicted molar refractivity (Wildman–Crippen MR) is 217 cm³/mol. The van der Waals surface area contributed by atoms with Gasteiger partial charge in [-0.3, -0.25) is 33.6 Å². The predicted octanol–water partition coefficient (Wildman–Crippen LogP) is -4.44. The average molecular weight is 873 g/mol. The number of thioether (sulfide) groups is 1. The summed E-state index contributed by atoms with van der Waals surface area (Å²) in [7, 11) is 0. The van der Waals surface area contributed by atoms with Gasteiger partial charge in [0.1, 0.15) is 48.0 Å². The summed E-state index contributed by atoms with van der Waals surface area (Å²) in [6, 6.07) is -5.70. The van der Waals surface area contributed by atoms with Crippen LogP contribution in [0.3, 0.4) is 0 Å². The molecule has 1 aliphatic rings. The van der Waals surface area contributed by atoms with Gasteiger partial charge in [0.25, 0.3) is 0 Å². The van der Waals surface area contributed by atoms with Crippen LogP contribution in [-0.2, 0) is 44.8 Å². The molecule has 0 unspecified atom stereocenters. The molecule has 0 aliphatic carbocycles. The second-order valence-corrected chi connectivity index (χ2v) is 15.4. The van der Waals surface area contributed by atoms with Gasteiger partial charge in [-0.05, 0) is 54.9 Å². The molecule has 1 aliphatic heterocycles. The monoisotopic (exact) mass is 872 g/mol. The number of carbonyl (C=O) groups excluding carboxylic acids is 7. The van der Waals surface area contributed by atoms with E-state index in [0.717, 1.165) is 0 Å². The van der Waals surface area contributed by atoms with Gasteiger partial charge in [-0.2, -0.15) is 24.4 Å².